The molecule has 1 aliphatic rings. The van der Waals surface area contributed by atoms with Crippen LogP contribution in [0, 0.1) is 5.82 Å². The number of nitrogens with one attached hydrogen (secondary N) is 2. The zero-order valence-corrected chi connectivity index (χ0v) is 11.7. The molecule has 0 aromatic heterocycles. The molecule has 0 saturated carbocycles. The van der Waals surface area contributed by atoms with Crippen molar-refractivity contribution in [2.24, 2.45) is 0 Å². The fourth-order valence-corrected chi connectivity index (χ4v) is 2.25. The lowest BCUT2D eigenvalue weighted by molar-refractivity contribution is -0.120. The number of amides is 1. The summed E-state index contributed by atoms with van der Waals surface area (Å²) < 4.78 is 18.3. The van der Waals surface area contributed by atoms with Crippen LogP contribution in [0.4, 0.5) is 4.39 Å². The maximum atomic E-state index is 12.7. The Morgan fingerprint density at radius 1 is 1.45 bits per heavy atom. The average molecular weight is 280 g/mol. The Bertz CT molecular complexity index is 430. The SMILES string of the molecule is C[C@H](NCC(=O)NCc1ccc(F)cc1)[C@H]1CCCO1. The molecule has 0 spiro atoms. The van der Waals surface area contributed by atoms with Crippen molar-refractivity contribution in [1.82, 2.24) is 10.6 Å². The summed E-state index contributed by atoms with van der Waals surface area (Å²) >= 11 is 0. The van der Waals surface area contributed by atoms with E-state index >= 15 is 0 Å². The molecule has 1 aliphatic heterocycles. The quantitative estimate of drug-likeness (QED) is 0.832. The topological polar surface area (TPSA) is 50.4 Å². The van der Waals surface area contributed by atoms with E-state index in [2.05, 4.69) is 10.6 Å². The largest absolute Gasteiger partial charge is 0.377 e. The number of hydrogen-bond acceptors (Lipinski definition) is 3. The van der Waals surface area contributed by atoms with Gasteiger partial charge in [-0.25, -0.2) is 4.39 Å². The molecule has 1 amide bonds. The minimum atomic E-state index is -0.271. The van der Waals surface area contributed by atoms with Gasteiger partial charge in [-0.3, -0.25) is 4.79 Å². The molecule has 0 unspecified atom stereocenters. The molecule has 0 radical (unpaired) electrons. The van der Waals surface area contributed by atoms with Crippen molar-refractivity contribution in [3.05, 3.63) is 35.6 Å². The summed E-state index contributed by atoms with van der Waals surface area (Å²) in [5, 5.41) is 5.97. The van der Waals surface area contributed by atoms with Crippen molar-refractivity contribution in [1.29, 1.82) is 0 Å². The number of carbonyl (C=O) groups is 1. The number of halogens is 1. The zero-order valence-electron chi connectivity index (χ0n) is 11.7. The van der Waals surface area contributed by atoms with Gasteiger partial charge < -0.3 is 15.4 Å². The lowest BCUT2D eigenvalue weighted by Gasteiger charge is -2.19. The lowest BCUT2D eigenvalue weighted by Crippen LogP contribution is -2.42. The molecule has 2 N–H and O–H groups in total. The summed E-state index contributed by atoms with van der Waals surface area (Å²) in [6, 6.07) is 6.28. The van der Waals surface area contributed by atoms with Crippen LogP contribution < -0.4 is 10.6 Å². The van der Waals surface area contributed by atoms with Crippen molar-refractivity contribution >= 4 is 5.91 Å². The normalized spacial score (nSPS) is 19.8. The minimum Gasteiger partial charge on any atom is -0.377 e. The van der Waals surface area contributed by atoms with Crippen LogP contribution in [-0.2, 0) is 16.1 Å². The van der Waals surface area contributed by atoms with E-state index in [1.807, 2.05) is 6.92 Å². The molecule has 1 heterocycles. The summed E-state index contributed by atoms with van der Waals surface area (Å²) in [5.74, 6) is -0.341. The highest BCUT2D eigenvalue weighted by Gasteiger charge is 2.22. The Balaban J connectivity index is 1.66. The van der Waals surface area contributed by atoms with Crippen LogP contribution in [0.3, 0.4) is 0 Å². The maximum Gasteiger partial charge on any atom is 0.234 e. The molecule has 0 aliphatic carbocycles. The van der Waals surface area contributed by atoms with E-state index in [-0.39, 0.29) is 30.4 Å². The van der Waals surface area contributed by atoms with Crippen molar-refractivity contribution in [2.45, 2.75) is 38.5 Å². The molecule has 20 heavy (non-hydrogen) atoms. The van der Waals surface area contributed by atoms with Crippen LogP contribution in [0.1, 0.15) is 25.3 Å². The van der Waals surface area contributed by atoms with Gasteiger partial charge >= 0.3 is 0 Å². The first-order chi connectivity index (χ1) is 9.65. The van der Waals surface area contributed by atoms with Gasteiger partial charge in [0.2, 0.25) is 5.91 Å². The molecule has 1 aromatic carbocycles. The van der Waals surface area contributed by atoms with Crippen molar-refractivity contribution in [2.75, 3.05) is 13.2 Å². The predicted octanol–water partition coefficient (Wildman–Crippen LogP) is 1.60. The Morgan fingerprint density at radius 2 is 2.20 bits per heavy atom. The van der Waals surface area contributed by atoms with Crippen LogP contribution in [0.5, 0.6) is 0 Å². The molecular weight excluding hydrogens is 259 g/mol. The van der Waals surface area contributed by atoms with E-state index in [0.29, 0.717) is 6.54 Å². The Labute approximate surface area is 118 Å². The van der Waals surface area contributed by atoms with Gasteiger partial charge in [0.25, 0.3) is 0 Å². The predicted molar refractivity (Wildman–Crippen MR) is 74.7 cm³/mol. The third kappa shape index (κ3) is 4.58. The third-order valence-electron chi connectivity index (χ3n) is 3.51. The summed E-state index contributed by atoms with van der Waals surface area (Å²) in [6.45, 7) is 3.52. The molecule has 5 heteroatoms. The molecular formula is C15H21FN2O2. The smallest absolute Gasteiger partial charge is 0.234 e. The molecule has 2 atom stereocenters. The van der Waals surface area contributed by atoms with Gasteiger partial charge in [-0.2, -0.15) is 0 Å². The molecule has 0 bridgehead atoms. The maximum absolute atomic E-state index is 12.7. The second-order valence-corrected chi connectivity index (χ2v) is 5.12. The monoisotopic (exact) mass is 280 g/mol. The summed E-state index contributed by atoms with van der Waals surface area (Å²) in [5.41, 5.74) is 0.881. The van der Waals surface area contributed by atoms with Crippen molar-refractivity contribution in [3.8, 4) is 0 Å². The second kappa shape index (κ2) is 7.36. The highest BCUT2D eigenvalue weighted by atomic mass is 19.1. The molecule has 110 valence electrons. The molecule has 1 aromatic rings. The second-order valence-electron chi connectivity index (χ2n) is 5.12. The number of benzene rings is 1. The van der Waals surface area contributed by atoms with E-state index in [9.17, 15) is 9.18 Å². The first-order valence-corrected chi connectivity index (χ1v) is 7.01. The lowest BCUT2D eigenvalue weighted by atomic mass is 10.1. The summed E-state index contributed by atoms with van der Waals surface area (Å²) in [7, 11) is 0. The van der Waals surface area contributed by atoms with E-state index in [1.54, 1.807) is 12.1 Å². The number of hydrogen-bond donors (Lipinski definition) is 2. The Kier molecular flexibility index (Phi) is 5.49. The van der Waals surface area contributed by atoms with Gasteiger partial charge in [0, 0.05) is 19.2 Å². The van der Waals surface area contributed by atoms with Crippen LogP contribution in [-0.4, -0.2) is 31.2 Å². The highest BCUT2D eigenvalue weighted by Crippen LogP contribution is 2.15. The van der Waals surface area contributed by atoms with Gasteiger partial charge in [0.05, 0.1) is 12.6 Å². The first-order valence-electron chi connectivity index (χ1n) is 7.01. The first kappa shape index (κ1) is 14.9. The van der Waals surface area contributed by atoms with E-state index < -0.39 is 0 Å². The van der Waals surface area contributed by atoms with Gasteiger partial charge in [-0.1, -0.05) is 12.1 Å². The third-order valence-corrected chi connectivity index (χ3v) is 3.51. The average Bonchev–Trinajstić information content (AvgIpc) is 2.98. The Hall–Kier alpha value is -1.46. The van der Waals surface area contributed by atoms with Crippen molar-refractivity contribution < 1.29 is 13.9 Å². The van der Waals surface area contributed by atoms with Crippen molar-refractivity contribution in [3.63, 3.8) is 0 Å². The molecule has 4 nitrogen and oxygen atoms in total. The van der Waals surface area contributed by atoms with E-state index in [1.165, 1.54) is 12.1 Å². The van der Waals surface area contributed by atoms with Gasteiger partial charge in [0.1, 0.15) is 5.82 Å². The minimum absolute atomic E-state index is 0.0702. The van der Waals surface area contributed by atoms with E-state index in [4.69, 9.17) is 4.74 Å². The fraction of sp³-hybridized carbons (Fsp3) is 0.533. The van der Waals surface area contributed by atoms with Crippen LogP contribution >= 0.6 is 0 Å². The highest BCUT2D eigenvalue weighted by molar-refractivity contribution is 5.78. The Morgan fingerprint density at radius 3 is 2.85 bits per heavy atom. The molecule has 1 saturated heterocycles. The van der Waals surface area contributed by atoms with E-state index in [0.717, 1.165) is 25.0 Å². The fourth-order valence-electron chi connectivity index (χ4n) is 2.25. The molecule has 1 fully saturated rings. The van der Waals surface area contributed by atoms with Gasteiger partial charge in [0.15, 0.2) is 0 Å². The standard InChI is InChI=1S/C15H21FN2O2/c1-11(14-3-2-8-20-14)17-10-15(19)18-9-12-4-6-13(16)7-5-12/h4-7,11,14,17H,2-3,8-10H2,1H3,(H,18,19)/t11-,14+/m0/s1. The summed E-state index contributed by atoms with van der Waals surface area (Å²) in [4.78, 5) is 11.7. The summed E-state index contributed by atoms with van der Waals surface area (Å²) in [6.07, 6.45) is 2.35. The van der Waals surface area contributed by atoms with Crippen LogP contribution in [0.2, 0.25) is 0 Å². The number of rotatable bonds is 6. The number of ether oxygens (including phenoxy) is 1. The van der Waals surface area contributed by atoms with Crippen LogP contribution in [0.15, 0.2) is 24.3 Å². The molecule has 2 rings (SSSR count). The van der Waals surface area contributed by atoms with Gasteiger partial charge in [-0.05, 0) is 37.5 Å². The van der Waals surface area contributed by atoms with Gasteiger partial charge in [-0.15, -0.1) is 0 Å². The van der Waals surface area contributed by atoms with Crippen LogP contribution in [0.25, 0.3) is 0 Å². The number of carbonyl (C=O) groups excluding carboxylic acids is 1. The zero-order chi connectivity index (χ0) is 14.4.